The van der Waals surface area contributed by atoms with Crippen molar-refractivity contribution in [3.8, 4) is 0 Å². The summed E-state index contributed by atoms with van der Waals surface area (Å²) >= 11 is 0. The van der Waals surface area contributed by atoms with Crippen LogP contribution < -0.4 is 40.2 Å². The number of fused-ring (bicyclic) bond motifs is 1. The average Bonchev–Trinajstić information content (AvgIpc) is 2.87. The molecule has 10 heteroatoms. The van der Waals surface area contributed by atoms with Crippen LogP contribution in [0.2, 0.25) is 0 Å². The van der Waals surface area contributed by atoms with Gasteiger partial charge in [0.15, 0.2) is 0 Å². The Labute approximate surface area is 223 Å². The lowest BCUT2D eigenvalue weighted by atomic mass is 10.0. The van der Waals surface area contributed by atoms with Gasteiger partial charge in [-0.1, -0.05) is 30.3 Å². The van der Waals surface area contributed by atoms with Gasteiger partial charge in [-0.05, 0) is 23.8 Å². The van der Waals surface area contributed by atoms with Crippen LogP contribution in [0, 0.1) is 5.82 Å². The molecule has 0 amide bonds. The molecule has 0 saturated carbocycles. The van der Waals surface area contributed by atoms with Crippen LogP contribution in [0.1, 0.15) is 30.1 Å². The average molecular weight is 541 g/mol. The van der Waals surface area contributed by atoms with Crippen LogP contribution in [0.3, 0.4) is 0 Å². The number of rotatable bonds is 6. The summed E-state index contributed by atoms with van der Waals surface area (Å²) in [6.45, 7) is 8.50. The van der Waals surface area contributed by atoms with Crippen LogP contribution in [0.4, 0.5) is 4.39 Å². The van der Waals surface area contributed by atoms with Crippen molar-refractivity contribution in [3.05, 3.63) is 76.0 Å². The summed E-state index contributed by atoms with van der Waals surface area (Å²) in [5.41, 5.74) is 1.87. The maximum Gasteiger partial charge on any atom is 0.274 e. The molecule has 2 aliphatic heterocycles. The van der Waals surface area contributed by atoms with E-state index in [1.54, 1.807) is 26.6 Å². The highest BCUT2D eigenvalue weighted by Crippen LogP contribution is 2.21. The quantitative estimate of drug-likeness (QED) is 0.326. The second-order valence-electron chi connectivity index (χ2n) is 9.39. The van der Waals surface area contributed by atoms with E-state index in [4.69, 9.17) is 9.84 Å². The summed E-state index contributed by atoms with van der Waals surface area (Å²) in [7, 11) is 0. The topological polar surface area (TPSA) is 84.5 Å². The molecule has 2 saturated heterocycles. The summed E-state index contributed by atoms with van der Waals surface area (Å²) in [6.07, 6.45) is 2.51. The van der Waals surface area contributed by atoms with Crippen LogP contribution >= 0.6 is 0 Å². The Hall–Kier alpha value is -2.07. The summed E-state index contributed by atoms with van der Waals surface area (Å²) in [5, 5.41) is 6.48. The number of morpholine rings is 1. The van der Waals surface area contributed by atoms with E-state index in [-0.39, 0.29) is 47.7 Å². The molecular formula is C26H35Cl2FN4O3. The number of benzene rings is 2. The molecule has 1 aromatic heterocycles. The molecule has 7 nitrogen and oxygen atoms in total. The van der Waals surface area contributed by atoms with Crippen LogP contribution in [0.15, 0.2) is 53.3 Å². The first-order valence-electron chi connectivity index (χ1n) is 12.2. The normalized spacial score (nSPS) is 20.1. The number of aromatic nitrogens is 2. The minimum atomic E-state index is -0.244. The molecule has 0 aliphatic carbocycles. The monoisotopic (exact) mass is 540 g/mol. The van der Waals surface area contributed by atoms with Crippen molar-refractivity contribution in [1.29, 1.82) is 0 Å². The number of likely N-dealkylation sites (tertiary alicyclic amines) is 1. The van der Waals surface area contributed by atoms with Gasteiger partial charge < -0.3 is 44.8 Å². The molecule has 0 spiro atoms. The number of quaternary nitrogens is 2. The van der Waals surface area contributed by atoms with Gasteiger partial charge in [-0.15, -0.1) is 0 Å². The Morgan fingerprint density at radius 3 is 2.11 bits per heavy atom. The van der Waals surface area contributed by atoms with Gasteiger partial charge in [-0.2, -0.15) is 5.10 Å². The first-order valence-corrected chi connectivity index (χ1v) is 12.2. The summed E-state index contributed by atoms with van der Waals surface area (Å²) in [5.74, 6) is -0.244. The lowest BCUT2D eigenvalue weighted by Gasteiger charge is -2.31. The van der Waals surface area contributed by atoms with E-state index in [0.717, 1.165) is 74.3 Å². The molecular weight excluding hydrogens is 506 g/mol. The van der Waals surface area contributed by atoms with E-state index < -0.39 is 0 Å². The third kappa shape index (κ3) is 7.03. The van der Waals surface area contributed by atoms with E-state index in [1.807, 2.05) is 24.3 Å². The molecule has 0 unspecified atom stereocenters. The highest BCUT2D eigenvalue weighted by atomic mass is 35.5. The Kier molecular flexibility index (Phi) is 11.7. The Morgan fingerprint density at radius 1 is 0.889 bits per heavy atom. The van der Waals surface area contributed by atoms with E-state index in [0.29, 0.717) is 6.42 Å². The van der Waals surface area contributed by atoms with Crippen molar-refractivity contribution >= 4 is 10.8 Å². The Balaban J connectivity index is 0.00000152. The molecule has 36 heavy (non-hydrogen) atoms. The lowest BCUT2D eigenvalue weighted by Crippen LogP contribution is -3.21. The zero-order chi connectivity index (χ0) is 22.6. The highest BCUT2D eigenvalue weighted by Gasteiger charge is 2.27. The summed E-state index contributed by atoms with van der Waals surface area (Å²) in [6, 6.07) is 14.4. The van der Waals surface area contributed by atoms with Crippen LogP contribution in [0.25, 0.3) is 10.8 Å². The van der Waals surface area contributed by atoms with Gasteiger partial charge in [0.25, 0.3) is 5.56 Å². The molecule has 198 valence electrons. The van der Waals surface area contributed by atoms with Crippen molar-refractivity contribution in [3.63, 3.8) is 0 Å². The number of piperidine rings is 1. The van der Waals surface area contributed by atoms with Crippen molar-refractivity contribution in [1.82, 2.24) is 9.78 Å². The van der Waals surface area contributed by atoms with Crippen LogP contribution in [-0.2, 0) is 11.2 Å². The molecule has 2 aliphatic rings. The number of halogens is 3. The predicted molar refractivity (Wildman–Crippen MR) is 129 cm³/mol. The molecule has 5 rings (SSSR count). The zero-order valence-electron chi connectivity index (χ0n) is 20.3. The highest BCUT2D eigenvalue weighted by molar-refractivity contribution is 5.83. The number of nitrogens with one attached hydrogen (secondary N) is 2. The molecule has 2 fully saturated rings. The number of hydrogen-bond acceptors (Lipinski definition) is 3. The smallest absolute Gasteiger partial charge is 0.274 e. The Morgan fingerprint density at radius 2 is 1.47 bits per heavy atom. The number of nitrogens with zero attached hydrogens (tertiary/aromatic N) is 2. The fourth-order valence-corrected chi connectivity index (χ4v) is 5.22. The second kappa shape index (κ2) is 14.0. The summed E-state index contributed by atoms with van der Waals surface area (Å²) in [4.78, 5) is 16.6. The van der Waals surface area contributed by atoms with E-state index in [1.165, 1.54) is 25.2 Å². The second-order valence-corrected chi connectivity index (χ2v) is 9.39. The van der Waals surface area contributed by atoms with E-state index >= 15 is 0 Å². The van der Waals surface area contributed by atoms with Crippen molar-refractivity contribution in [2.24, 2.45) is 0 Å². The standard InChI is InChI=1S/C26H31FN4O2.2ClH.H2O/c27-21-7-5-20(6-8-21)19-25-23-3-1-2-4-24(23)26(32)31(28-25)22-9-11-29(12-10-22)13-14-30-15-17-33-18-16-30;;;/h1-8,22H,9-19H2;2*1H;1H2. The largest absolute Gasteiger partial charge is 1.00 e. The minimum Gasteiger partial charge on any atom is -1.00 e. The molecule has 4 N–H and O–H groups in total. The molecule has 0 bridgehead atoms. The van der Waals surface area contributed by atoms with Gasteiger partial charge in [0.05, 0.1) is 43.4 Å². The minimum absolute atomic E-state index is 0. The first-order chi connectivity index (χ1) is 16.2. The molecule has 3 heterocycles. The van der Waals surface area contributed by atoms with E-state index in [2.05, 4.69) is 0 Å². The number of ether oxygens (including phenoxy) is 1. The molecule has 0 radical (unpaired) electrons. The van der Waals surface area contributed by atoms with Crippen molar-refractivity contribution in [2.45, 2.75) is 25.3 Å². The van der Waals surface area contributed by atoms with Crippen LogP contribution in [-0.4, -0.2) is 67.7 Å². The predicted octanol–water partition coefficient (Wildman–Crippen LogP) is -6.56. The zero-order valence-corrected chi connectivity index (χ0v) is 21.8. The molecule has 0 atom stereocenters. The van der Waals surface area contributed by atoms with Gasteiger partial charge >= 0.3 is 0 Å². The molecule has 2 aromatic carbocycles. The van der Waals surface area contributed by atoms with Gasteiger partial charge in [-0.25, -0.2) is 9.07 Å². The molecule has 3 aromatic rings. The Bertz CT molecular complexity index is 1150. The van der Waals surface area contributed by atoms with Gasteiger partial charge in [-0.3, -0.25) is 4.79 Å². The van der Waals surface area contributed by atoms with Crippen LogP contribution in [0.5, 0.6) is 0 Å². The van der Waals surface area contributed by atoms with Crippen molar-refractivity contribution < 1.29 is 49.2 Å². The maximum atomic E-state index is 13.4. The summed E-state index contributed by atoms with van der Waals surface area (Å²) < 4.78 is 20.6. The van der Waals surface area contributed by atoms with Crippen molar-refractivity contribution in [2.75, 3.05) is 52.5 Å². The van der Waals surface area contributed by atoms with Gasteiger partial charge in [0.1, 0.15) is 32.0 Å². The fraction of sp³-hybridized carbons (Fsp3) is 0.462. The third-order valence-corrected chi connectivity index (χ3v) is 7.23. The fourth-order valence-electron chi connectivity index (χ4n) is 5.22. The third-order valence-electron chi connectivity index (χ3n) is 7.23. The number of hydrogen-bond donors (Lipinski definition) is 2. The SMILES string of the molecule is O.O=c1c2ccccc2c(Cc2ccc(F)cc2)nn1C1CC[NH+](CC[NH+]2CCOCC2)CC1.[Cl-].[Cl-]. The maximum absolute atomic E-state index is 13.4. The first kappa shape index (κ1) is 30.2. The lowest BCUT2D eigenvalue weighted by molar-refractivity contribution is -0.963. The van der Waals surface area contributed by atoms with Gasteiger partial charge in [0, 0.05) is 24.6 Å². The van der Waals surface area contributed by atoms with Gasteiger partial charge in [0.2, 0.25) is 0 Å². The van der Waals surface area contributed by atoms with E-state index in [9.17, 15) is 9.18 Å².